The third-order valence-corrected chi connectivity index (χ3v) is 5.37. The van der Waals surface area contributed by atoms with Crippen molar-refractivity contribution in [2.45, 2.75) is 20.0 Å². The van der Waals surface area contributed by atoms with E-state index in [1.807, 2.05) is 60.8 Å². The van der Waals surface area contributed by atoms with Crippen LogP contribution in [0.3, 0.4) is 0 Å². The van der Waals surface area contributed by atoms with Gasteiger partial charge in [-0.3, -0.25) is 9.13 Å². The first kappa shape index (κ1) is 16.6. The standard InChI is InChI=1S/C20H19N3O2S/c1-3-22-17-9-4-5-10-18(17)23(20(22)24)12-15-13-26-19(21-15)14-7-6-8-16(11-14)25-2/h4-11,13H,3,12H2,1-2H3. The fraction of sp³-hybridized carbons (Fsp3) is 0.200. The number of aryl methyl sites for hydroxylation is 1. The van der Waals surface area contributed by atoms with Crippen molar-refractivity contribution in [2.24, 2.45) is 0 Å². The molecule has 2 heterocycles. The summed E-state index contributed by atoms with van der Waals surface area (Å²) in [6.07, 6.45) is 0. The number of rotatable bonds is 5. The van der Waals surface area contributed by atoms with E-state index in [0.29, 0.717) is 13.1 Å². The van der Waals surface area contributed by atoms with Gasteiger partial charge < -0.3 is 4.74 Å². The molecule has 4 rings (SSSR count). The summed E-state index contributed by atoms with van der Waals surface area (Å²) in [5.74, 6) is 0.807. The summed E-state index contributed by atoms with van der Waals surface area (Å²) >= 11 is 1.58. The number of ether oxygens (including phenoxy) is 1. The minimum Gasteiger partial charge on any atom is -0.497 e. The molecule has 4 aromatic rings. The second-order valence-electron chi connectivity index (χ2n) is 5.98. The molecule has 0 bridgehead atoms. The van der Waals surface area contributed by atoms with Gasteiger partial charge in [0.25, 0.3) is 0 Å². The van der Waals surface area contributed by atoms with Crippen molar-refractivity contribution in [1.82, 2.24) is 14.1 Å². The predicted molar refractivity (Wildman–Crippen MR) is 105 cm³/mol. The Labute approximate surface area is 155 Å². The molecular formula is C20H19N3O2S. The number of hydrogen-bond acceptors (Lipinski definition) is 4. The molecule has 0 radical (unpaired) electrons. The Morgan fingerprint density at radius 2 is 1.85 bits per heavy atom. The van der Waals surface area contributed by atoms with Crippen LogP contribution in [0.15, 0.2) is 58.7 Å². The van der Waals surface area contributed by atoms with Crippen LogP contribution >= 0.6 is 11.3 Å². The van der Waals surface area contributed by atoms with E-state index in [1.165, 1.54) is 0 Å². The smallest absolute Gasteiger partial charge is 0.329 e. The van der Waals surface area contributed by atoms with Crippen molar-refractivity contribution < 1.29 is 4.74 Å². The van der Waals surface area contributed by atoms with Gasteiger partial charge in [0.1, 0.15) is 10.8 Å². The molecule has 2 aromatic heterocycles. The lowest BCUT2D eigenvalue weighted by atomic mass is 10.2. The van der Waals surface area contributed by atoms with Gasteiger partial charge in [-0.25, -0.2) is 9.78 Å². The molecule has 0 spiro atoms. The third-order valence-electron chi connectivity index (χ3n) is 4.43. The van der Waals surface area contributed by atoms with E-state index in [4.69, 9.17) is 9.72 Å². The SMILES string of the molecule is CCn1c(=O)n(Cc2csc(-c3cccc(OC)c3)n2)c2ccccc21. The average Bonchev–Trinajstić information content (AvgIpc) is 3.25. The number of para-hydroxylation sites is 2. The van der Waals surface area contributed by atoms with Crippen LogP contribution in [0.25, 0.3) is 21.6 Å². The molecule has 2 aromatic carbocycles. The van der Waals surface area contributed by atoms with Crippen molar-refractivity contribution in [3.63, 3.8) is 0 Å². The molecule has 132 valence electrons. The normalized spacial score (nSPS) is 11.2. The van der Waals surface area contributed by atoms with Gasteiger partial charge in [0.2, 0.25) is 0 Å². The summed E-state index contributed by atoms with van der Waals surface area (Å²) in [6.45, 7) is 3.10. The van der Waals surface area contributed by atoms with Crippen LogP contribution in [-0.4, -0.2) is 21.2 Å². The molecule has 0 saturated carbocycles. The van der Waals surface area contributed by atoms with Crippen LogP contribution in [0.5, 0.6) is 5.75 Å². The minimum atomic E-state index is 0.00429. The van der Waals surface area contributed by atoms with Crippen molar-refractivity contribution in [2.75, 3.05) is 7.11 Å². The maximum atomic E-state index is 12.8. The minimum absolute atomic E-state index is 0.00429. The maximum absolute atomic E-state index is 12.8. The number of fused-ring (bicyclic) bond motifs is 1. The number of benzene rings is 2. The number of nitrogens with zero attached hydrogens (tertiary/aromatic N) is 3. The Kier molecular flexibility index (Phi) is 4.34. The number of hydrogen-bond donors (Lipinski definition) is 0. The zero-order valence-corrected chi connectivity index (χ0v) is 15.5. The zero-order valence-electron chi connectivity index (χ0n) is 14.7. The molecule has 0 unspecified atom stereocenters. The fourth-order valence-corrected chi connectivity index (χ4v) is 3.97. The predicted octanol–water partition coefficient (Wildman–Crippen LogP) is 4.00. The molecule has 0 amide bonds. The summed E-state index contributed by atoms with van der Waals surface area (Å²) in [4.78, 5) is 17.5. The Bertz CT molecular complexity index is 1120. The van der Waals surface area contributed by atoms with E-state index < -0.39 is 0 Å². The quantitative estimate of drug-likeness (QED) is 0.537. The van der Waals surface area contributed by atoms with Gasteiger partial charge in [-0.1, -0.05) is 24.3 Å². The Balaban J connectivity index is 1.71. The topological polar surface area (TPSA) is 49.0 Å². The molecule has 0 aliphatic carbocycles. The first-order valence-electron chi connectivity index (χ1n) is 8.48. The van der Waals surface area contributed by atoms with Crippen molar-refractivity contribution in [3.05, 3.63) is 70.1 Å². The van der Waals surface area contributed by atoms with Gasteiger partial charge in [-0.2, -0.15) is 0 Å². The summed E-state index contributed by atoms with van der Waals surface area (Å²) < 4.78 is 8.88. The Hall–Kier alpha value is -2.86. The number of imidazole rings is 1. The lowest BCUT2D eigenvalue weighted by Crippen LogP contribution is -2.24. The highest BCUT2D eigenvalue weighted by atomic mass is 32.1. The van der Waals surface area contributed by atoms with E-state index in [9.17, 15) is 4.79 Å². The number of aromatic nitrogens is 3. The van der Waals surface area contributed by atoms with Crippen LogP contribution in [0, 0.1) is 0 Å². The summed E-state index contributed by atoms with van der Waals surface area (Å²) in [7, 11) is 1.66. The van der Waals surface area contributed by atoms with E-state index in [2.05, 4.69) is 0 Å². The van der Waals surface area contributed by atoms with Crippen LogP contribution in [0.1, 0.15) is 12.6 Å². The molecule has 26 heavy (non-hydrogen) atoms. The van der Waals surface area contributed by atoms with Gasteiger partial charge in [-0.05, 0) is 31.2 Å². The van der Waals surface area contributed by atoms with Gasteiger partial charge >= 0.3 is 5.69 Å². The van der Waals surface area contributed by atoms with Gasteiger partial charge in [-0.15, -0.1) is 11.3 Å². The van der Waals surface area contributed by atoms with Crippen molar-refractivity contribution >= 4 is 22.4 Å². The largest absolute Gasteiger partial charge is 0.497 e. The van der Waals surface area contributed by atoms with E-state index in [-0.39, 0.29) is 5.69 Å². The molecule has 6 heteroatoms. The van der Waals surface area contributed by atoms with Gasteiger partial charge in [0.05, 0.1) is 30.4 Å². The Morgan fingerprint density at radius 1 is 1.08 bits per heavy atom. The van der Waals surface area contributed by atoms with Gasteiger partial charge in [0, 0.05) is 17.5 Å². The van der Waals surface area contributed by atoms with Gasteiger partial charge in [0.15, 0.2) is 0 Å². The molecule has 0 aliphatic rings. The lowest BCUT2D eigenvalue weighted by Gasteiger charge is -2.02. The van der Waals surface area contributed by atoms with Crippen molar-refractivity contribution in [3.8, 4) is 16.3 Å². The number of methoxy groups -OCH3 is 1. The summed E-state index contributed by atoms with van der Waals surface area (Å²) in [6, 6.07) is 15.7. The molecule has 0 atom stereocenters. The highest BCUT2D eigenvalue weighted by Crippen LogP contribution is 2.27. The monoisotopic (exact) mass is 365 g/mol. The second-order valence-corrected chi connectivity index (χ2v) is 6.84. The van der Waals surface area contributed by atoms with Crippen LogP contribution in [-0.2, 0) is 13.1 Å². The molecule has 0 aliphatic heterocycles. The Morgan fingerprint density at radius 3 is 2.58 bits per heavy atom. The van der Waals surface area contributed by atoms with Crippen molar-refractivity contribution in [1.29, 1.82) is 0 Å². The lowest BCUT2D eigenvalue weighted by molar-refractivity contribution is 0.415. The number of thiazole rings is 1. The molecule has 5 nitrogen and oxygen atoms in total. The molecule has 0 saturated heterocycles. The highest BCUT2D eigenvalue weighted by molar-refractivity contribution is 7.13. The van der Waals surface area contributed by atoms with E-state index in [1.54, 1.807) is 27.6 Å². The van der Waals surface area contributed by atoms with Crippen LogP contribution < -0.4 is 10.4 Å². The first-order chi connectivity index (χ1) is 12.7. The fourth-order valence-electron chi connectivity index (χ4n) is 3.16. The second kappa shape index (κ2) is 6.80. The zero-order chi connectivity index (χ0) is 18.1. The maximum Gasteiger partial charge on any atom is 0.329 e. The summed E-state index contributed by atoms with van der Waals surface area (Å²) in [5, 5.41) is 2.94. The summed E-state index contributed by atoms with van der Waals surface area (Å²) in [5.41, 5.74) is 3.81. The average molecular weight is 365 g/mol. The van der Waals surface area contributed by atoms with E-state index >= 15 is 0 Å². The molecule has 0 fully saturated rings. The molecule has 0 N–H and O–H groups in total. The molecular weight excluding hydrogens is 346 g/mol. The first-order valence-corrected chi connectivity index (χ1v) is 9.36. The van der Waals surface area contributed by atoms with Crippen LogP contribution in [0.4, 0.5) is 0 Å². The third kappa shape index (κ3) is 2.82. The highest BCUT2D eigenvalue weighted by Gasteiger charge is 2.13. The van der Waals surface area contributed by atoms with E-state index in [0.717, 1.165) is 33.0 Å². The van der Waals surface area contributed by atoms with Crippen LogP contribution in [0.2, 0.25) is 0 Å².